The first-order chi connectivity index (χ1) is 16.8. The van der Waals surface area contributed by atoms with Crippen LogP contribution in [0.15, 0.2) is 57.6 Å². The number of furan rings is 2. The predicted octanol–water partition coefficient (Wildman–Crippen LogP) is 4.18. The minimum Gasteiger partial charge on any atom is -0.467 e. The molecule has 1 aliphatic rings. The van der Waals surface area contributed by atoms with Crippen LogP contribution in [-0.4, -0.2) is 51.7 Å². The van der Waals surface area contributed by atoms with Crippen molar-refractivity contribution in [2.45, 2.75) is 32.2 Å². The smallest absolute Gasteiger partial charge is 0.433 e. The number of hydrogen-bond donors (Lipinski definition) is 0. The molecule has 0 bridgehead atoms. The third kappa shape index (κ3) is 5.65. The molecule has 10 nitrogen and oxygen atoms in total. The van der Waals surface area contributed by atoms with Crippen molar-refractivity contribution >= 4 is 23.8 Å². The molecule has 3 aromatic heterocycles. The summed E-state index contributed by atoms with van der Waals surface area (Å²) in [4.78, 5) is 43.9. The molecule has 4 heterocycles. The number of likely N-dealkylation sites (tertiary alicyclic amines) is 1. The number of aryl methyl sites for hydroxylation is 1. The number of piperidine rings is 1. The van der Waals surface area contributed by atoms with Gasteiger partial charge < -0.3 is 18.6 Å². The number of nitrogens with zero attached hydrogens (tertiary/aromatic N) is 4. The minimum absolute atomic E-state index is 0.0478. The normalized spacial score (nSPS) is 14.4. The number of nitro groups is 1. The highest BCUT2D eigenvalue weighted by molar-refractivity contribution is 5.95. The van der Waals surface area contributed by atoms with Crippen LogP contribution in [-0.2, 0) is 11.3 Å². The van der Waals surface area contributed by atoms with Gasteiger partial charge >= 0.3 is 5.88 Å². The van der Waals surface area contributed by atoms with Crippen molar-refractivity contribution in [3.8, 4) is 0 Å². The Morgan fingerprint density at radius 2 is 2.00 bits per heavy atom. The lowest BCUT2D eigenvalue weighted by Crippen LogP contribution is -2.37. The lowest BCUT2D eigenvalue weighted by molar-refractivity contribution is -0.402. The number of pyridine rings is 1. The second-order valence-corrected chi connectivity index (χ2v) is 8.49. The van der Waals surface area contributed by atoms with Crippen LogP contribution in [0.3, 0.4) is 0 Å². The number of amides is 2. The zero-order chi connectivity index (χ0) is 24.9. The highest BCUT2D eigenvalue weighted by Gasteiger charge is 2.28. The first-order valence-electron chi connectivity index (χ1n) is 11.3. The topological polar surface area (TPSA) is 123 Å². The molecule has 1 saturated heterocycles. The van der Waals surface area contributed by atoms with Crippen LogP contribution in [0.4, 0.5) is 5.88 Å². The number of hydrogen-bond acceptors (Lipinski definition) is 7. The summed E-state index contributed by atoms with van der Waals surface area (Å²) >= 11 is 0. The van der Waals surface area contributed by atoms with Gasteiger partial charge in [-0.15, -0.1) is 0 Å². The molecule has 0 unspecified atom stereocenters. The highest BCUT2D eigenvalue weighted by atomic mass is 16.6. The van der Waals surface area contributed by atoms with E-state index in [1.165, 1.54) is 24.3 Å². The average Bonchev–Trinajstić information content (AvgIpc) is 3.54. The summed E-state index contributed by atoms with van der Waals surface area (Å²) in [5.41, 5.74) is 2.15. The Bertz CT molecular complexity index is 1240. The molecule has 0 N–H and O–H groups in total. The molecular weight excluding hydrogens is 452 g/mol. The summed E-state index contributed by atoms with van der Waals surface area (Å²) in [6.45, 7) is 3.28. The Labute approximate surface area is 202 Å². The summed E-state index contributed by atoms with van der Waals surface area (Å²) in [6, 6.07) is 9.96. The lowest BCUT2D eigenvalue weighted by Gasteiger charge is -2.32. The van der Waals surface area contributed by atoms with Crippen LogP contribution < -0.4 is 0 Å². The molecule has 2 amide bonds. The molecule has 0 aliphatic carbocycles. The SMILES string of the molecule is Cc1ccc(C(=O)N(C)Cc2ccco2)c(C2CCN(C(=O)/C=C/c3ccc([N+](=O)[O-])o3)CC2)n1. The Morgan fingerprint density at radius 1 is 1.23 bits per heavy atom. The second-order valence-electron chi connectivity index (χ2n) is 8.49. The van der Waals surface area contributed by atoms with E-state index in [0.29, 0.717) is 43.8 Å². The van der Waals surface area contributed by atoms with Gasteiger partial charge in [-0.05, 0) is 56.2 Å². The standard InChI is InChI=1S/C25H26N4O6/c1-17-5-8-21(25(31)27(2)16-20-4-3-15-34-20)24(26-17)18-11-13-28(14-12-18)22(30)9-6-19-7-10-23(35-19)29(32)33/h3-10,15,18H,11-14,16H2,1-2H3/b9-6+. The maximum Gasteiger partial charge on any atom is 0.433 e. The van der Waals surface area contributed by atoms with Gasteiger partial charge in [0.15, 0.2) is 0 Å². The fourth-order valence-corrected chi connectivity index (χ4v) is 4.14. The number of aromatic nitrogens is 1. The van der Waals surface area contributed by atoms with Crippen LogP contribution in [0.1, 0.15) is 52.0 Å². The van der Waals surface area contributed by atoms with Gasteiger partial charge in [0.25, 0.3) is 5.91 Å². The fraction of sp³-hybridized carbons (Fsp3) is 0.320. The maximum absolute atomic E-state index is 13.2. The highest BCUT2D eigenvalue weighted by Crippen LogP contribution is 2.30. The molecule has 0 saturated carbocycles. The molecule has 1 fully saturated rings. The molecule has 3 aromatic rings. The van der Waals surface area contributed by atoms with Crippen molar-refractivity contribution in [3.63, 3.8) is 0 Å². The van der Waals surface area contributed by atoms with Crippen LogP contribution in [0.5, 0.6) is 0 Å². The quantitative estimate of drug-likeness (QED) is 0.284. The summed E-state index contributed by atoms with van der Waals surface area (Å²) in [7, 11) is 1.73. The van der Waals surface area contributed by atoms with Crippen molar-refractivity contribution < 1.29 is 23.3 Å². The number of carbonyl (C=O) groups excluding carboxylic acids is 2. The third-order valence-corrected chi connectivity index (χ3v) is 5.99. The van der Waals surface area contributed by atoms with Gasteiger partial charge in [0, 0.05) is 37.8 Å². The first kappa shape index (κ1) is 23.9. The van der Waals surface area contributed by atoms with Crippen LogP contribution >= 0.6 is 0 Å². The van der Waals surface area contributed by atoms with Crippen LogP contribution in [0, 0.1) is 17.0 Å². The molecule has 0 radical (unpaired) electrons. The van der Waals surface area contributed by atoms with Gasteiger partial charge in [-0.2, -0.15) is 0 Å². The van der Waals surface area contributed by atoms with E-state index in [9.17, 15) is 19.7 Å². The maximum atomic E-state index is 13.2. The third-order valence-electron chi connectivity index (χ3n) is 5.99. The van der Waals surface area contributed by atoms with E-state index in [1.54, 1.807) is 29.2 Å². The van der Waals surface area contributed by atoms with Crippen molar-refractivity contribution in [3.05, 3.63) is 87.3 Å². The minimum atomic E-state index is -0.628. The summed E-state index contributed by atoms with van der Waals surface area (Å²) in [6.07, 6.45) is 5.70. The monoisotopic (exact) mass is 478 g/mol. The Balaban J connectivity index is 1.40. The zero-order valence-electron chi connectivity index (χ0n) is 19.5. The van der Waals surface area contributed by atoms with Gasteiger partial charge in [-0.3, -0.25) is 24.7 Å². The van der Waals surface area contributed by atoms with E-state index in [-0.39, 0.29) is 29.4 Å². The molecule has 0 spiro atoms. The van der Waals surface area contributed by atoms with E-state index in [4.69, 9.17) is 13.8 Å². The van der Waals surface area contributed by atoms with Gasteiger partial charge in [0.1, 0.15) is 16.4 Å². The molecule has 4 rings (SSSR count). The Morgan fingerprint density at radius 3 is 2.66 bits per heavy atom. The van der Waals surface area contributed by atoms with Crippen LogP contribution in [0.2, 0.25) is 0 Å². The van der Waals surface area contributed by atoms with E-state index >= 15 is 0 Å². The summed E-state index contributed by atoms with van der Waals surface area (Å²) in [5, 5.41) is 10.7. The number of rotatable bonds is 7. The molecular formula is C25H26N4O6. The molecule has 1 aliphatic heterocycles. The lowest BCUT2D eigenvalue weighted by atomic mass is 9.89. The van der Waals surface area contributed by atoms with E-state index in [1.807, 2.05) is 25.1 Å². The largest absolute Gasteiger partial charge is 0.467 e. The molecule has 182 valence electrons. The van der Waals surface area contributed by atoms with Crippen LogP contribution in [0.25, 0.3) is 6.08 Å². The molecule has 0 aromatic carbocycles. The second kappa shape index (κ2) is 10.4. The molecule has 10 heteroatoms. The summed E-state index contributed by atoms with van der Waals surface area (Å²) in [5.74, 6) is 0.291. The van der Waals surface area contributed by atoms with E-state index < -0.39 is 4.92 Å². The van der Waals surface area contributed by atoms with Gasteiger partial charge in [0.2, 0.25) is 5.91 Å². The van der Waals surface area contributed by atoms with Crippen molar-refractivity contribution in [2.75, 3.05) is 20.1 Å². The number of carbonyl (C=O) groups is 2. The fourth-order valence-electron chi connectivity index (χ4n) is 4.14. The van der Waals surface area contributed by atoms with Crippen molar-refractivity contribution in [1.82, 2.24) is 14.8 Å². The Hall–Kier alpha value is -4.21. The van der Waals surface area contributed by atoms with E-state index in [0.717, 1.165) is 11.4 Å². The van der Waals surface area contributed by atoms with Gasteiger partial charge in [-0.1, -0.05) is 0 Å². The van der Waals surface area contributed by atoms with Gasteiger partial charge in [0.05, 0.1) is 30.1 Å². The Kier molecular flexibility index (Phi) is 7.09. The van der Waals surface area contributed by atoms with Crippen molar-refractivity contribution in [1.29, 1.82) is 0 Å². The van der Waals surface area contributed by atoms with Crippen molar-refractivity contribution in [2.24, 2.45) is 0 Å². The van der Waals surface area contributed by atoms with E-state index in [2.05, 4.69) is 0 Å². The average molecular weight is 479 g/mol. The molecule has 35 heavy (non-hydrogen) atoms. The predicted molar refractivity (Wildman–Crippen MR) is 126 cm³/mol. The summed E-state index contributed by atoms with van der Waals surface area (Å²) < 4.78 is 10.4. The van der Waals surface area contributed by atoms with Gasteiger partial charge in [-0.25, -0.2) is 0 Å². The first-order valence-corrected chi connectivity index (χ1v) is 11.3. The zero-order valence-corrected chi connectivity index (χ0v) is 19.5. The molecule has 0 atom stereocenters.